The molecule has 3 aromatic rings. The fraction of sp³-hybridized carbons (Fsp3) is 0.500. The highest BCUT2D eigenvalue weighted by molar-refractivity contribution is 5.94. The van der Waals surface area contributed by atoms with Crippen LogP contribution in [0.1, 0.15) is 76.7 Å². The van der Waals surface area contributed by atoms with Crippen LogP contribution >= 0.6 is 0 Å². The number of H-pyrrole nitrogens is 1. The van der Waals surface area contributed by atoms with Gasteiger partial charge < -0.3 is 5.11 Å². The lowest BCUT2D eigenvalue weighted by atomic mass is 9.93. The van der Waals surface area contributed by atoms with Gasteiger partial charge >= 0.3 is 0 Å². The van der Waals surface area contributed by atoms with Crippen molar-refractivity contribution in [2.75, 3.05) is 0 Å². The molecule has 0 spiro atoms. The number of aromatic amines is 1. The molecule has 4 nitrogen and oxygen atoms in total. The number of benzene rings is 2. The van der Waals surface area contributed by atoms with E-state index in [4.69, 9.17) is 0 Å². The second kappa shape index (κ2) is 10.8. The van der Waals surface area contributed by atoms with Gasteiger partial charge in [0.25, 0.3) is 0 Å². The first-order valence-corrected chi connectivity index (χ1v) is 10.9. The molecule has 0 unspecified atom stereocenters. The third-order valence-corrected chi connectivity index (χ3v) is 5.55. The van der Waals surface area contributed by atoms with Gasteiger partial charge in [-0.15, -0.1) is 0 Å². The predicted molar refractivity (Wildman–Crippen MR) is 117 cm³/mol. The molecule has 0 amide bonds. The zero-order valence-corrected chi connectivity index (χ0v) is 17.1. The molecule has 1 heterocycles. The number of hydrogen-bond donors (Lipinski definition) is 2. The highest BCUT2D eigenvalue weighted by atomic mass is 16.3. The number of aryl methyl sites for hydroxylation is 1. The molecule has 2 aromatic carbocycles. The number of aromatic nitrogens is 3. The molecule has 1 aromatic heterocycles. The molecular weight excluding hydrogens is 346 g/mol. The lowest BCUT2D eigenvalue weighted by Gasteiger charge is -2.12. The molecule has 4 heteroatoms. The van der Waals surface area contributed by atoms with Crippen LogP contribution in [-0.4, -0.2) is 20.5 Å². The van der Waals surface area contributed by atoms with E-state index in [1.807, 2.05) is 24.3 Å². The van der Waals surface area contributed by atoms with Crippen LogP contribution in [0.3, 0.4) is 0 Å². The van der Waals surface area contributed by atoms with Crippen molar-refractivity contribution in [3.05, 3.63) is 42.0 Å². The predicted octanol–water partition coefficient (Wildman–Crippen LogP) is 6.79. The van der Waals surface area contributed by atoms with Gasteiger partial charge in [-0.25, -0.2) is 0 Å². The largest absolute Gasteiger partial charge is 0.507 e. The Morgan fingerprint density at radius 3 is 2.18 bits per heavy atom. The molecule has 0 saturated heterocycles. The summed E-state index contributed by atoms with van der Waals surface area (Å²) in [5, 5.41) is 21.7. The molecule has 3 rings (SSSR count). The first-order chi connectivity index (χ1) is 13.8. The minimum absolute atomic E-state index is 0.294. The van der Waals surface area contributed by atoms with E-state index in [1.54, 1.807) is 6.07 Å². The third-order valence-electron chi connectivity index (χ3n) is 5.55. The Morgan fingerprint density at radius 2 is 1.46 bits per heavy atom. The quantitative estimate of drug-likeness (QED) is 0.340. The average Bonchev–Trinajstić information content (AvgIpc) is 3.19. The average molecular weight is 380 g/mol. The standard InChI is InChI=1S/C24H33N3O/c1-2-3-4-5-6-7-8-9-10-11-14-19-17-18-21-24(26-27-25-21)23(19)20-15-12-13-16-22(20)28/h12-13,15-18,28H,2-11,14H2,1H3,(H,25,26,27). The van der Waals surface area contributed by atoms with Gasteiger partial charge in [0.1, 0.15) is 16.8 Å². The topological polar surface area (TPSA) is 61.8 Å². The monoisotopic (exact) mass is 379 g/mol. The highest BCUT2D eigenvalue weighted by Gasteiger charge is 2.15. The first-order valence-electron chi connectivity index (χ1n) is 10.9. The number of aromatic hydroxyl groups is 1. The molecule has 0 bridgehead atoms. The van der Waals surface area contributed by atoms with Gasteiger partial charge in [0.15, 0.2) is 0 Å². The third kappa shape index (κ3) is 5.34. The Morgan fingerprint density at radius 1 is 0.786 bits per heavy atom. The summed E-state index contributed by atoms with van der Waals surface area (Å²) in [6.07, 6.45) is 14.4. The SMILES string of the molecule is CCCCCCCCCCCCc1ccc2n[nH]nc2c1-c1ccccc1O. The molecule has 0 aliphatic carbocycles. The molecule has 28 heavy (non-hydrogen) atoms. The van der Waals surface area contributed by atoms with Crippen LogP contribution in [0.25, 0.3) is 22.2 Å². The highest BCUT2D eigenvalue weighted by Crippen LogP contribution is 2.36. The van der Waals surface area contributed by atoms with Crippen LogP contribution in [0.5, 0.6) is 5.75 Å². The minimum Gasteiger partial charge on any atom is -0.507 e. The smallest absolute Gasteiger partial charge is 0.123 e. The Bertz CT molecular complexity index is 856. The maximum Gasteiger partial charge on any atom is 0.123 e. The number of nitrogens with one attached hydrogen (secondary N) is 1. The van der Waals surface area contributed by atoms with Crippen molar-refractivity contribution in [2.45, 2.75) is 77.6 Å². The van der Waals surface area contributed by atoms with Gasteiger partial charge in [-0.3, -0.25) is 0 Å². The fourth-order valence-corrected chi connectivity index (χ4v) is 3.95. The van der Waals surface area contributed by atoms with E-state index in [2.05, 4.69) is 28.4 Å². The van der Waals surface area contributed by atoms with Crippen LogP contribution < -0.4 is 0 Å². The van der Waals surface area contributed by atoms with E-state index >= 15 is 0 Å². The van der Waals surface area contributed by atoms with E-state index in [9.17, 15) is 5.11 Å². The Balaban J connectivity index is 1.55. The van der Waals surface area contributed by atoms with Crippen molar-refractivity contribution in [3.63, 3.8) is 0 Å². The number of rotatable bonds is 12. The zero-order valence-electron chi connectivity index (χ0n) is 17.1. The number of unbranched alkanes of at least 4 members (excludes halogenated alkanes) is 9. The van der Waals surface area contributed by atoms with E-state index in [0.717, 1.165) is 28.6 Å². The maximum absolute atomic E-state index is 10.4. The Hall–Kier alpha value is -2.36. The molecule has 0 radical (unpaired) electrons. The molecule has 2 N–H and O–H groups in total. The van der Waals surface area contributed by atoms with E-state index in [0.29, 0.717) is 5.75 Å². The Labute approximate surface area is 168 Å². The number of para-hydroxylation sites is 1. The van der Waals surface area contributed by atoms with Crippen molar-refractivity contribution < 1.29 is 5.11 Å². The van der Waals surface area contributed by atoms with Gasteiger partial charge in [-0.05, 0) is 30.5 Å². The van der Waals surface area contributed by atoms with Gasteiger partial charge in [0.2, 0.25) is 0 Å². The lowest BCUT2D eigenvalue weighted by molar-refractivity contribution is 0.477. The second-order valence-electron chi connectivity index (χ2n) is 7.74. The zero-order chi connectivity index (χ0) is 19.6. The molecule has 0 fully saturated rings. The summed E-state index contributed by atoms with van der Waals surface area (Å²) in [5.41, 5.74) is 4.77. The number of fused-ring (bicyclic) bond motifs is 1. The lowest BCUT2D eigenvalue weighted by Crippen LogP contribution is -1.93. The number of phenolic OH excluding ortho intramolecular Hbond substituents is 1. The number of hydrogen-bond acceptors (Lipinski definition) is 3. The number of nitrogens with zero attached hydrogens (tertiary/aromatic N) is 2. The van der Waals surface area contributed by atoms with Crippen molar-refractivity contribution in [2.24, 2.45) is 0 Å². The second-order valence-corrected chi connectivity index (χ2v) is 7.74. The fourth-order valence-electron chi connectivity index (χ4n) is 3.95. The molecule has 0 saturated carbocycles. The van der Waals surface area contributed by atoms with Crippen LogP contribution in [0.15, 0.2) is 36.4 Å². The molecule has 0 atom stereocenters. The first kappa shape index (κ1) is 20.4. The summed E-state index contributed by atoms with van der Waals surface area (Å²) in [7, 11) is 0. The van der Waals surface area contributed by atoms with Gasteiger partial charge in [0, 0.05) is 11.1 Å². The van der Waals surface area contributed by atoms with Crippen molar-refractivity contribution in [1.29, 1.82) is 0 Å². The van der Waals surface area contributed by atoms with Crippen LogP contribution in [-0.2, 0) is 6.42 Å². The van der Waals surface area contributed by atoms with Crippen LogP contribution in [0.2, 0.25) is 0 Å². The molecular formula is C24H33N3O. The van der Waals surface area contributed by atoms with Crippen LogP contribution in [0, 0.1) is 0 Å². The summed E-state index contributed by atoms with van der Waals surface area (Å²) >= 11 is 0. The summed E-state index contributed by atoms with van der Waals surface area (Å²) in [4.78, 5) is 0. The van der Waals surface area contributed by atoms with Gasteiger partial charge in [0.05, 0.1) is 0 Å². The molecule has 150 valence electrons. The Kier molecular flexibility index (Phi) is 7.89. The van der Waals surface area contributed by atoms with E-state index in [1.165, 1.54) is 69.8 Å². The summed E-state index contributed by atoms with van der Waals surface area (Å²) in [6.45, 7) is 2.27. The normalized spacial score (nSPS) is 11.3. The minimum atomic E-state index is 0.294. The van der Waals surface area contributed by atoms with E-state index in [-0.39, 0.29) is 0 Å². The summed E-state index contributed by atoms with van der Waals surface area (Å²) in [5.74, 6) is 0.294. The maximum atomic E-state index is 10.4. The van der Waals surface area contributed by atoms with Gasteiger partial charge in [-0.2, -0.15) is 15.4 Å². The van der Waals surface area contributed by atoms with Crippen molar-refractivity contribution >= 4 is 11.0 Å². The summed E-state index contributed by atoms with van der Waals surface area (Å²) < 4.78 is 0. The molecule has 0 aliphatic rings. The van der Waals surface area contributed by atoms with Crippen LogP contribution in [0.4, 0.5) is 0 Å². The van der Waals surface area contributed by atoms with Crippen molar-refractivity contribution in [1.82, 2.24) is 15.4 Å². The van der Waals surface area contributed by atoms with Crippen molar-refractivity contribution in [3.8, 4) is 16.9 Å². The molecule has 0 aliphatic heterocycles. The van der Waals surface area contributed by atoms with Gasteiger partial charge in [-0.1, -0.05) is 89.0 Å². The number of phenols is 1. The summed E-state index contributed by atoms with van der Waals surface area (Å²) in [6, 6.07) is 11.7. The van der Waals surface area contributed by atoms with E-state index < -0.39 is 0 Å².